The van der Waals surface area contributed by atoms with Crippen LogP contribution in [0.1, 0.15) is 83.3 Å². The number of carboxylic acids is 1. The molecule has 1 aromatic heterocycles. The van der Waals surface area contributed by atoms with Crippen molar-refractivity contribution >= 4 is 33.7 Å². The summed E-state index contributed by atoms with van der Waals surface area (Å²) in [5, 5.41) is 18.8. The lowest BCUT2D eigenvalue weighted by molar-refractivity contribution is -0.153. The number of hydrogen-bond acceptors (Lipinski definition) is 6. The van der Waals surface area contributed by atoms with Crippen LogP contribution in [0.15, 0.2) is 40.9 Å². The summed E-state index contributed by atoms with van der Waals surface area (Å²) in [7, 11) is 0. The second kappa shape index (κ2) is 12.0. The largest absolute Gasteiger partial charge is 0.485 e. The molecule has 1 N–H and O–H groups in total. The van der Waals surface area contributed by atoms with Crippen molar-refractivity contribution in [2.45, 2.75) is 77.1 Å². The molecule has 3 atom stereocenters. The number of halogens is 1. The molecule has 44 heavy (non-hydrogen) atoms. The fraction of sp³-hybridized carbons (Fsp3) is 0.485. The summed E-state index contributed by atoms with van der Waals surface area (Å²) in [6, 6.07) is 11.0. The molecule has 3 aliphatic heterocycles. The fourth-order valence-corrected chi connectivity index (χ4v) is 8.13. The zero-order chi connectivity index (χ0) is 30.4. The molecule has 1 aliphatic carbocycles. The van der Waals surface area contributed by atoms with Crippen LogP contribution in [0.2, 0.25) is 0 Å². The number of nitrogens with zero attached hydrogens (tertiary/aromatic N) is 5. The van der Waals surface area contributed by atoms with Gasteiger partial charge in [-0.2, -0.15) is 0 Å². The third kappa shape index (κ3) is 5.18. The van der Waals surface area contributed by atoms with Gasteiger partial charge in [-0.3, -0.25) is 14.4 Å². The number of rotatable bonds is 7. The van der Waals surface area contributed by atoms with Gasteiger partial charge in [-0.1, -0.05) is 47.0 Å². The summed E-state index contributed by atoms with van der Waals surface area (Å²) in [6.45, 7) is 2.28. The predicted octanol–water partition coefficient (Wildman–Crippen LogP) is 4.93. The molecule has 0 radical (unpaired) electrons. The van der Waals surface area contributed by atoms with E-state index in [1.807, 2.05) is 41.3 Å². The molecule has 1 saturated carbocycles. The molecule has 3 aromatic rings. The monoisotopic (exact) mass is 661 g/mol. The predicted molar refractivity (Wildman–Crippen MR) is 164 cm³/mol. The lowest BCUT2D eigenvalue weighted by Crippen LogP contribution is -2.50. The topological polar surface area (TPSA) is 118 Å². The number of carbonyl (C=O) groups excluding carboxylic acids is 2. The first-order valence-corrected chi connectivity index (χ1v) is 16.5. The standard InChI is InChI=1S/C33H36BrN5O5/c34-25-12-13-27(44-19-29-36-35-28-11-5-6-15-39(28)29)30-24(25)14-16-38(32(41)22-9-3-4-10-23(22)33(42)43)26(30)18-37-17-20-7-1-2-8-21(20)31(37)40/h1-2,7-8,12-13,22-23,26H,3-6,9-11,14-19H2,(H,42,43)/t22-,23+,26-/m1/s1. The number of carbonyl (C=O) groups is 3. The Morgan fingerprint density at radius 3 is 2.61 bits per heavy atom. The van der Waals surface area contributed by atoms with E-state index in [4.69, 9.17) is 4.74 Å². The Kier molecular flexibility index (Phi) is 7.90. The zero-order valence-corrected chi connectivity index (χ0v) is 26.2. The van der Waals surface area contributed by atoms with Crippen LogP contribution in [0.25, 0.3) is 0 Å². The maximum absolute atomic E-state index is 14.3. The van der Waals surface area contributed by atoms with E-state index in [0.717, 1.165) is 71.5 Å². The summed E-state index contributed by atoms with van der Waals surface area (Å²) < 4.78 is 9.57. The van der Waals surface area contributed by atoms with Gasteiger partial charge in [-0.25, -0.2) is 0 Å². The Labute approximate surface area is 264 Å². The van der Waals surface area contributed by atoms with Gasteiger partial charge in [-0.05, 0) is 61.4 Å². The van der Waals surface area contributed by atoms with E-state index < -0.39 is 23.8 Å². The van der Waals surface area contributed by atoms with Gasteiger partial charge in [0.05, 0.1) is 17.9 Å². The number of benzene rings is 2. The molecule has 2 aromatic carbocycles. The summed E-state index contributed by atoms with van der Waals surface area (Å²) in [5.74, 6) is -0.0115. The average Bonchev–Trinajstić information content (AvgIpc) is 3.61. The highest BCUT2D eigenvalue weighted by Gasteiger charge is 2.44. The minimum Gasteiger partial charge on any atom is -0.485 e. The highest BCUT2D eigenvalue weighted by molar-refractivity contribution is 9.10. The molecule has 230 valence electrons. The van der Waals surface area contributed by atoms with Gasteiger partial charge in [0.15, 0.2) is 5.82 Å². The Hall–Kier alpha value is -3.73. The van der Waals surface area contributed by atoms with Crippen molar-refractivity contribution in [1.29, 1.82) is 0 Å². The van der Waals surface area contributed by atoms with Crippen LogP contribution in [0.4, 0.5) is 0 Å². The molecule has 0 unspecified atom stereocenters. The lowest BCUT2D eigenvalue weighted by Gasteiger charge is -2.43. The van der Waals surface area contributed by atoms with Crippen LogP contribution in [0, 0.1) is 11.8 Å². The molecule has 1 fully saturated rings. The second-order valence-corrected chi connectivity index (χ2v) is 13.2. The maximum Gasteiger partial charge on any atom is 0.307 e. The number of aromatic nitrogens is 3. The van der Waals surface area contributed by atoms with Gasteiger partial charge in [0.2, 0.25) is 5.91 Å². The molecule has 11 heteroatoms. The summed E-state index contributed by atoms with van der Waals surface area (Å²) in [4.78, 5) is 43.8. The highest BCUT2D eigenvalue weighted by Crippen LogP contribution is 2.44. The number of hydrogen-bond donors (Lipinski definition) is 1. The Morgan fingerprint density at radius 1 is 0.977 bits per heavy atom. The number of aliphatic carboxylic acids is 1. The number of carboxylic acid groups (broad SMARTS) is 1. The van der Waals surface area contributed by atoms with Crippen LogP contribution in [-0.4, -0.2) is 60.5 Å². The molecule has 4 aliphatic rings. The quantitative estimate of drug-likeness (QED) is 0.382. The van der Waals surface area contributed by atoms with Gasteiger partial charge in [0, 0.05) is 48.2 Å². The summed E-state index contributed by atoms with van der Waals surface area (Å²) in [5.41, 5.74) is 3.56. The lowest BCUT2D eigenvalue weighted by atomic mass is 9.77. The molecule has 0 bridgehead atoms. The zero-order valence-electron chi connectivity index (χ0n) is 24.6. The third-order valence-corrected chi connectivity index (χ3v) is 10.6. The Balaban J connectivity index is 1.25. The van der Waals surface area contributed by atoms with E-state index in [-0.39, 0.29) is 25.0 Å². The fourth-order valence-electron chi connectivity index (χ4n) is 7.58. The van der Waals surface area contributed by atoms with Gasteiger partial charge in [-0.15, -0.1) is 10.2 Å². The first-order chi connectivity index (χ1) is 21.4. The Morgan fingerprint density at radius 2 is 1.80 bits per heavy atom. The number of aryl methyl sites for hydroxylation is 1. The molecule has 4 heterocycles. The van der Waals surface area contributed by atoms with E-state index in [2.05, 4.69) is 30.7 Å². The molecule has 2 amide bonds. The molecule has 7 rings (SSSR count). The first kappa shape index (κ1) is 29.0. The molecular formula is C33H36BrN5O5. The van der Waals surface area contributed by atoms with Crippen LogP contribution >= 0.6 is 15.9 Å². The second-order valence-electron chi connectivity index (χ2n) is 12.3. The van der Waals surface area contributed by atoms with Crippen molar-refractivity contribution in [3.05, 3.63) is 74.8 Å². The van der Waals surface area contributed by atoms with Crippen molar-refractivity contribution in [2.24, 2.45) is 11.8 Å². The number of amides is 2. The van der Waals surface area contributed by atoms with Gasteiger partial charge in [0.1, 0.15) is 18.2 Å². The minimum absolute atomic E-state index is 0.0613. The number of ether oxygens (including phenoxy) is 1. The van der Waals surface area contributed by atoms with Crippen molar-refractivity contribution in [3.63, 3.8) is 0 Å². The Bertz CT molecular complexity index is 1620. The molecule has 0 saturated heterocycles. The SMILES string of the molecule is O=C(O)[C@H]1CCCC[C@H]1C(=O)N1CCc2c(Br)ccc(OCc3nnc4n3CCCC4)c2[C@H]1CN1Cc2ccccc2C1=O. The molecule has 0 spiro atoms. The van der Waals surface area contributed by atoms with Crippen molar-refractivity contribution < 1.29 is 24.2 Å². The smallest absolute Gasteiger partial charge is 0.307 e. The van der Waals surface area contributed by atoms with E-state index >= 15 is 0 Å². The van der Waals surface area contributed by atoms with E-state index in [0.29, 0.717) is 43.7 Å². The van der Waals surface area contributed by atoms with Crippen molar-refractivity contribution in [1.82, 2.24) is 24.6 Å². The molecule has 10 nitrogen and oxygen atoms in total. The highest BCUT2D eigenvalue weighted by atomic mass is 79.9. The summed E-state index contributed by atoms with van der Waals surface area (Å²) >= 11 is 3.75. The normalized spacial score (nSPS) is 22.8. The first-order valence-electron chi connectivity index (χ1n) is 15.7. The number of fused-ring (bicyclic) bond motifs is 3. The van der Waals surface area contributed by atoms with Crippen molar-refractivity contribution in [3.8, 4) is 5.75 Å². The minimum atomic E-state index is -0.911. The van der Waals surface area contributed by atoms with Crippen LogP contribution in [0.5, 0.6) is 5.75 Å². The van der Waals surface area contributed by atoms with Gasteiger partial charge < -0.3 is 24.2 Å². The van der Waals surface area contributed by atoms with E-state index in [9.17, 15) is 19.5 Å². The van der Waals surface area contributed by atoms with Crippen LogP contribution in [-0.2, 0) is 42.1 Å². The van der Waals surface area contributed by atoms with Gasteiger partial charge in [0.25, 0.3) is 5.91 Å². The van der Waals surface area contributed by atoms with Crippen LogP contribution < -0.4 is 4.74 Å². The maximum atomic E-state index is 14.3. The van der Waals surface area contributed by atoms with E-state index in [1.54, 1.807) is 4.90 Å². The van der Waals surface area contributed by atoms with Gasteiger partial charge >= 0.3 is 5.97 Å². The van der Waals surface area contributed by atoms with E-state index in [1.165, 1.54) is 0 Å². The van der Waals surface area contributed by atoms with Crippen molar-refractivity contribution in [2.75, 3.05) is 13.1 Å². The van der Waals surface area contributed by atoms with Crippen LogP contribution in [0.3, 0.4) is 0 Å². The third-order valence-electron chi connectivity index (χ3n) is 9.84. The average molecular weight is 663 g/mol. The molecular weight excluding hydrogens is 626 g/mol. The summed E-state index contributed by atoms with van der Waals surface area (Å²) in [6.07, 6.45) is 6.38.